The van der Waals surface area contributed by atoms with E-state index in [1.807, 2.05) is 24.8 Å². The van der Waals surface area contributed by atoms with Gasteiger partial charge in [-0.1, -0.05) is 35.9 Å². The Bertz CT molecular complexity index is 778. The van der Waals surface area contributed by atoms with E-state index in [0.29, 0.717) is 10.7 Å². The van der Waals surface area contributed by atoms with E-state index in [1.165, 1.54) is 18.2 Å². The number of anilines is 1. The molecule has 0 spiro atoms. The van der Waals surface area contributed by atoms with Crippen LogP contribution in [0, 0.1) is 13.8 Å². The first-order chi connectivity index (χ1) is 12.5. The summed E-state index contributed by atoms with van der Waals surface area (Å²) in [6.07, 6.45) is 0. The zero-order valence-electron chi connectivity index (χ0n) is 15.3. The van der Waals surface area contributed by atoms with Crippen molar-refractivity contribution in [1.29, 1.82) is 0 Å². The number of hydrogen-bond acceptors (Lipinski definition) is 4. The number of benzene rings is 2. The monoisotopic (exact) mass is 388 g/mol. The molecule has 6 heteroatoms. The summed E-state index contributed by atoms with van der Waals surface area (Å²) in [7, 11) is 1.37. The van der Waals surface area contributed by atoms with Gasteiger partial charge in [0.1, 0.15) is 0 Å². The molecule has 0 saturated heterocycles. The van der Waals surface area contributed by atoms with Gasteiger partial charge in [0.2, 0.25) is 0 Å². The van der Waals surface area contributed by atoms with Gasteiger partial charge >= 0.3 is 5.97 Å². The van der Waals surface area contributed by atoms with Crippen molar-refractivity contribution in [1.82, 2.24) is 5.32 Å². The Hall–Kier alpha value is -2.05. The maximum absolute atomic E-state index is 11.6. The maximum Gasteiger partial charge on any atom is 0.337 e. The van der Waals surface area contributed by atoms with Crippen LogP contribution in [0.2, 0.25) is 0 Å². The molecule has 0 radical (unpaired) electrons. The molecule has 0 amide bonds. The van der Waals surface area contributed by atoms with Crippen molar-refractivity contribution in [3.05, 3.63) is 64.7 Å². The van der Waals surface area contributed by atoms with Crippen LogP contribution in [-0.4, -0.2) is 30.5 Å². The average molecular weight is 389 g/mol. The predicted molar refractivity (Wildman–Crippen MR) is 114 cm³/mol. The highest BCUT2D eigenvalue weighted by Crippen LogP contribution is 2.17. The Labute approximate surface area is 164 Å². The SMILES string of the molecule is COC(=O)c1ccc(C)c(NC(=S)NCCSCc2cccc(C)c2)c1. The standard InChI is InChI=1S/C20H24N2O2S2/c1-14-5-4-6-16(11-14)13-26-10-9-21-20(25)22-18-12-17(19(23)24-3)8-7-15(18)2/h4-8,11-12H,9-10,13H2,1-3H3,(H2,21,22,25). The molecule has 2 rings (SSSR count). The predicted octanol–water partition coefficient (Wildman–Crippen LogP) is 4.31. The third-order valence-corrected chi connectivity index (χ3v) is 5.07. The molecule has 4 nitrogen and oxygen atoms in total. The van der Waals surface area contributed by atoms with Crippen molar-refractivity contribution in [3.8, 4) is 0 Å². The molecule has 2 aromatic rings. The number of carbonyl (C=O) groups excluding carboxylic acids is 1. The molecule has 0 saturated carbocycles. The van der Waals surface area contributed by atoms with Gasteiger partial charge in [0.05, 0.1) is 12.7 Å². The molecule has 0 unspecified atom stereocenters. The number of nitrogens with one attached hydrogen (secondary N) is 2. The quantitative estimate of drug-likeness (QED) is 0.419. The minimum absolute atomic E-state index is 0.362. The van der Waals surface area contributed by atoms with E-state index in [1.54, 1.807) is 12.1 Å². The van der Waals surface area contributed by atoms with E-state index in [2.05, 4.69) is 41.8 Å². The Morgan fingerprint density at radius 3 is 2.73 bits per heavy atom. The number of carbonyl (C=O) groups is 1. The van der Waals surface area contributed by atoms with Crippen molar-refractivity contribution in [3.63, 3.8) is 0 Å². The second kappa shape index (κ2) is 10.2. The van der Waals surface area contributed by atoms with E-state index in [0.717, 1.165) is 29.3 Å². The highest BCUT2D eigenvalue weighted by Gasteiger charge is 2.08. The van der Waals surface area contributed by atoms with Crippen LogP contribution in [0.4, 0.5) is 5.69 Å². The van der Waals surface area contributed by atoms with E-state index in [4.69, 9.17) is 17.0 Å². The smallest absolute Gasteiger partial charge is 0.337 e. The molecule has 2 N–H and O–H groups in total. The largest absolute Gasteiger partial charge is 0.465 e. The number of thioether (sulfide) groups is 1. The number of ether oxygens (including phenoxy) is 1. The van der Waals surface area contributed by atoms with E-state index in [-0.39, 0.29) is 5.97 Å². The third kappa shape index (κ3) is 6.35. The summed E-state index contributed by atoms with van der Waals surface area (Å²) < 4.78 is 4.75. The summed E-state index contributed by atoms with van der Waals surface area (Å²) in [5, 5.41) is 6.90. The van der Waals surface area contributed by atoms with Crippen LogP contribution < -0.4 is 10.6 Å². The van der Waals surface area contributed by atoms with Gasteiger partial charge in [-0.25, -0.2) is 4.79 Å². The fraction of sp³-hybridized carbons (Fsp3) is 0.300. The fourth-order valence-corrected chi connectivity index (χ4v) is 3.41. The van der Waals surface area contributed by atoms with Crippen LogP contribution >= 0.6 is 24.0 Å². The van der Waals surface area contributed by atoms with Crippen LogP contribution in [0.15, 0.2) is 42.5 Å². The van der Waals surface area contributed by atoms with Gasteiger partial charge in [-0.05, 0) is 49.3 Å². The Morgan fingerprint density at radius 1 is 1.19 bits per heavy atom. The number of hydrogen-bond donors (Lipinski definition) is 2. The number of thiocarbonyl (C=S) groups is 1. The average Bonchev–Trinajstić information content (AvgIpc) is 2.62. The van der Waals surface area contributed by atoms with Crippen molar-refractivity contribution in [2.45, 2.75) is 19.6 Å². The lowest BCUT2D eigenvalue weighted by Crippen LogP contribution is -2.30. The van der Waals surface area contributed by atoms with Gasteiger partial charge in [-0.15, -0.1) is 0 Å². The van der Waals surface area contributed by atoms with Gasteiger partial charge in [-0.3, -0.25) is 0 Å². The summed E-state index contributed by atoms with van der Waals surface area (Å²) in [4.78, 5) is 11.6. The Kier molecular flexibility index (Phi) is 7.94. The van der Waals surface area contributed by atoms with Crippen molar-refractivity contribution >= 4 is 40.7 Å². The Balaban J connectivity index is 1.76. The van der Waals surface area contributed by atoms with Crippen molar-refractivity contribution < 1.29 is 9.53 Å². The molecule has 0 aliphatic carbocycles. The van der Waals surface area contributed by atoms with Crippen LogP contribution in [-0.2, 0) is 10.5 Å². The number of aryl methyl sites for hydroxylation is 2. The first-order valence-electron chi connectivity index (χ1n) is 8.36. The lowest BCUT2D eigenvalue weighted by molar-refractivity contribution is 0.0601. The van der Waals surface area contributed by atoms with E-state index >= 15 is 0 Å². The molecule has 138 valence electrons. The summed E-state index contributed by atoms with van der Waals surface area (Å²) >= 11 is 7.21. The lowest BCUT2D eigenvalue weighted by atomic mass is 10.1. The van der Waals surface area contributed by atoms with Gasteiger partial charge < -0.3 is 15.4 Å². The molecule has 0 aromatic heterocycles. The first kappa shape index (κ1) is 20.3. The second-order valence-electron chi connectivity index (χ2n) is 5.94. The molecule has 0 bridgehead atoms. The van der Waals surface area contributed by atoms with Crippen molar-refractivity contribution in [2.24, 2.45) is 0 Å². The first-order valence-corrected chi connectivity index (χ1v) is 9.93. The zero-order valence-corrected chi connectivity index (χ0v) is 16.9. The summed E-state index contributed by atoms with van der Waals surface area (Å²) in [6.45, 7) is 4.85. The molecular formula is C20H24N2O2S2. The minimum Gasteiger partial charge on any atom is -0.465 e. The van der Waals surface area contributed by atoms with Crippen LogP contribution in [0.25, 0.3) is 0 Å². The molecule has 0 aliphatic heterocycles. The van der Waals surface area contributed by atoms with E-state index < -0.39 is 0 Å². The molecule has 0 fully saturated rings. The third-order valence-electron chi connectivity index (χ3n) is 3.79. The lowest BCUT2D eigenvalue weighted by Gasteiger charge is -2.13. The number of methoxy groups -OCH3 is 1. The summed E-state index contributed by atoms with van der Waals surface area (Å²) in [5.41, 5.74) is 4.94. The Morgan fingerprint density at radius 2 is 2.00 bits per heavy atom. The van der Waals surface area contributed by atoms with E-state index in [9.17, 15) is 4.79 Å². The van der Waals surface area contributed by atoms with Gasteiger partial charge in [-0.2, -0.15) is 11.8 Å². The minimum atomic E-state index is -0.362. The highest BCUT2D eigenvalue weighted by molar-refractivity contribution is 7.98. The zero-order chi connectivity index (χ0) is 18.9. The molecular weight excluding hydrogens is 364 g/mol. The maximum atomic E-state index is 11.6. The van der Waals surface area contributed by atoms with Crippen LogP contribution in [0.1, 0.15) is 27.0 Å². The molecule has 0 aliphatic rings. The summed E-state index contributed by atoms with van der Waals surface area (Å²) in [5.74, 6) is 1.58. The van der Waals surface area contributed by atoms with Crippen LogP contribution in [0.5, 0.6) is 0 Å². The molecule has 0 heterocycles. The number of esters is 1. The molecule has 26 heavy (non-hydrogen) atoms. The van der Waals surface area contributed by atoms with Gasteiger partial charge in [0.15, 0.2) is 5.11 Å². The number of rotatable bonds is 7. The topological polar surface area (TPSA) is 50.4 Å². The second-order valence-corrected chi connectivity index (χ2v) is 7.46. The van der Waals surface area contributed by atoms with Gasteiger partial charge in [0.25, 0.3) is 0 Å². The highest BCUT2D eigenvalue weighted by atomic mass is 32.2. The molecule has 2 aromatic carbocycles. The summed E-state index contributed by atoms with van der Waals surface area (Å²) in [6, 6.07) is 13.9. The van der Waals surface area contributed by atoms with Gasteiger partial charge in [0, 0.05) is 23.7 Å². The van der Waals surface area contributed by atoms with Crippen LogP contribution in [0.3, 0.4) is 0 Å². The fourth-order valence-electron chi connectivity index (χ4n) is 2.40. The molecule has 0 atom stereocenters. The normalized spacial score (nSPS) is 10.3. The van der Waals surface area contributed by atoms with Crippen molar-refractivity contribution in [2.75, 3.05) is 24.7 Å².